The van der Waals surface area contributed by atoms with Gasteiger partial charge in [0.25, 0.3) is 0 Å². The van der Waals surface area contributed by atoms with Gasteiger partial charge in [-0.3, -0.25) is 9.89 Å². The molecule has 1 unspecified atom stereocenters. The van der Waals surface area contributed by atoms with Gasteiger partial charge < -0.3 is 9.67 Å². The van der Waals surface area contributed by atoms with E-state index in [9.17, 15) is 14.3 Å². The van der Waals surface area contributed by atoms with E-state index in [-0.39, 0.29) is 17.6 Å². The normalized spacial score (nSPS) is 13.3. The van der Waals surface area contributed by atoms with Gasteiger partial charge in [-0.15, -0.1) is 0 Å². The van der Waals surface area contributed by atoms with Gasteiger partial charge in [0.2, 0.25) is 0 Å². The number of aromatic nitrogens is 6. The second kappa shape index (κ2) is 6.77. The maximum Gasteiger partial charge on any atom is 0.305 e. The zero-order chi connectivity index (χ0) is 20.9. The summed E-state index contributed by atoms with van der Waals surface area (Å²) in [6.07, 6.45) is 3.98. The van der Waals surface area contributed by atoms with Crippen LogP contribution in [0.25, 0.3) is 33.6 Å². The summed E-state index contributed by atoms with van der Waals surface area (Å²) in [7, 11) is 0. The van der Waals surface area contributed by atoms with E-state index in [0.717, 1.165) is 0 Å². The molecule has 0 aromatic carbocycles. The number of pyridine rings is 1. The fraction of sp³-hybridized carbons (Fsp3) is 0.316. The summed E-state index contributed by atoms with van der Waals surface area (Å²) in [5, 5.41) is 17.7. The summed E-state index contributed by atoms with van der Waals surface area (Å²) in [5.41, 5.74) is 0.807. The van der Waals surface area contributed by atoms with Gasteiger partial charge in [0.15, 0.2) is 17.3 Å². The van der Waals surface area contributed by atoms with Crippen LogP contribution in [0.4, 0.5) is 4.39 Å². The van der Waals surface area contributed by atoms with Crippen molar-refractivity contribution in [2.45, 2.75) is 33.2 Å². The van der Waals surface area contributed by atoms with Crippen molar-refractivity contribution in [3.8, 4) is 11.5 Å². The van der Waals surface area contributed by atoms with Crippen LogP contribution in [-0.4, -0.2) is 40.8 Å². The summed E-state index contributed by atoms with van der Waals surface area (Å²) in [6, 6.07) is 1.18. The molecule has 0 saturated heterocycles. The molecule has 0 fully saturated rings. The fourth-order valence-corrected chi connectivity index (χ4v) is 3.54. The van der Waals surface area contributed by atoms with Gasteiger partial charge in [0.1, 0.15) is 11.3 Å². The molecular weight excluding hydrogens is 399 g/mol. The number of carboxylic acids is 1. The number of carboxylic acid groups (broad SMARTS) is 1. The zero-order valence-electron chi connectivity index (χ0n) is 15.9. The summed E-state index contributed by atoms with van der Waals surface area (Å²) >= 11 is 6.04. The first-order chi connectivity index (χ1) is 13.6. The highest BCUT2D eigenvalue weighted by molar-refractivity contribution is 6.31. The topological polar surface area (TPSA) is 110 Å². The number of aromatic amines is 1. The molecule has 4 heterocycles. The van der Waals surface area contributed by atoms with Gasteiger partial charge in [-0.05, 0) is 11.5 Å². The SMILES string of the molecule is CC(C)(C)C(CC(=O)O)n1cc(F)c2cnc(-c3n[nH]c4ncc(Cl)cc34)nc21. The fourth-order valence-electron chi connectivity index (χ4n) is 3.38. The molecule has 29 heavy (non-hydrogen) atoms. The Morgan fingerprint density at radius 2 is 2.07 bits per heavy atom. The Hall–Kier alpha value is -3.07. The number of fused-ring (bicyclic) bond motifs is 2. The number of aliphatic carboxylic acids is 1. The molecule has 0 amide bonds. The van der Waals surface area contributed by atoms with E-state index in [1.54, 1.807) is 10.6 Å². The van der Waals surface area contributed by atoms with Gasteiger partial charge >= 0.3 is 5.97 Å². The molecule has 150 valence electrons. The minimum atomic E-state index is -0.972. The lowest BCUT2D eigenvalue weighted by Gasteiger charge is -2.31. The number of nitrogens with one attached hydrogen (secondary N) is 1. The van der Waals surface area contributed by atoms with E-state index >= 15 is 0 Å². The van der Waals surface area contributed by atoms with E-state index in [1.165, 1.54) is 18.6 Å². The van der Waals surface area contributed by atoms with Crippen molar-refractivity contribution in [1.29, 1.82) is 0 Å². The van der Waals surface area contributed by atoms with Crippen molar-refractivity contribution in [1.82, 2.24) is 29.7 Å². The number of halogens is 2. The molecule has 10 heteroatoms. The predicted molar refractivity (Wildman–Crippen MR) is 106 cm³/mol. The van der Waals surface area contributed by atoms with Crippen molar-refractivity contribution in [2.24, 2.45) is 5.41 Å². The lowest BCUT2D eigenvalue weighted by atomic mass is 9.84. The number of hydrogen-bond acceptors (Lipinski definition) is 5. The van der Waals surface area contributed by atoms with Crippen molar-refractivity contribution in [2.75, 3.05) is 0 Å². The molecule has 0 saturated carbocycles. The van der Waals surface area contributed by atoms with Crippen molar-refractivity contribution in [3.05, 3.63) is 35.5 Å². The number of rotatable bonds is 4. The first kappa shape index (κ1) is 19.3. The molecule has 0 aliphatic rings. The summed E-state index contributed by atoms with van der Waals surface area (Å²) in [4.78, 5) is 24.4. The lowest BCUT2D eigenvalue weighted by Crippen LogP contribution is -2.26. The van der Waals surface area contributed by atoms with Crippen LogP contribution in [0.5, 0.6) is 0 Å². The van der Waals surface area contributed by atoms with E-state index in [2.05, 4.69) is 25.1 Å². The largest absolute Gasteiger partial charge is 0.481 e. The molecule has 4 aromatic heterocycles. The molecule has 0 radical (unpaired) electrons. The summed E-state index contributed by atoms with van der Waals surface area (Å²) in [6.45, 7) is 5.71. The Bertz CT molecular complexity index is 1240. The number of nitrogens with zero attached hydrogens (tertiary/aromatic N) is 5. The Kier molecular flexibility index (Phi) is 4.49. The van der Waals surface area contributed by atoms with Crippen LogP contribution in [0.3, 0.4) is 0 Å². The van der Waals surface area contributed by atoms with Gasteiger partial charge in [0, 0.05) is 18.6 Å². The van der Waals surface area contributed by atoms with E-state index in [0.29, 0.717) is 27.4 Å². The molecule has 0 aliphatic carbocycles. The van der Waals surface area contributed by atoms with E-state index in [1.807, 2.05) is 20.8 Å². The zero-order valence-corrected chi connectivity index (χ0v) is 16.7. The molecular formula is C19H18ClFN6O2. The molecule has 0 spiro atoms. The Morgan fingerprint density at radius 1 is 1.31 bits per heavy atom. The maximum absolute atomic E-state index is 14.6. The van der Waals surface area contributed by atoms with Crippen LogP contribution < -0.4 is 0 Å². The molecule has 0 bridgehead atoms. The third kappa shape index (κ3) is 3.42. The number of hydrogen-bond donors (Lipinski definition) is 2. The predicted octanol–water partition coefficient (Wildman–Crippen LogP) is 4.22. The molecule has 8 nitrogen and oxygen atoms in total. The average Bonchev–Trinajstić information content (AvgIpc) is 3.19. The third-order valence-corrected chi connectivity index (χ3v) is 5.03. The van der Waals surface area contributed by atoms with Crippen molar-refractivity contribution < 1.29 is 14.3 Å². The Morgan fingerprint density at radius 3 is 2.76 bits per heavy atom. The number of carbonyl (C=O) groups is 1. The molecule has 1 atom stereocenters. The van der Waals surface area contributed by atoms with Crippen LogP contribution in [0.1, 0.15) is 33.2 Å². The van der Waals surface area contributed by atoms with Crippen LogP contribution in [0.15, 0.2) is 24.7 Å². The highest BCUT2D eigenvalue weighted by Crippen LogP contribution is 2.37. The second-order valence-corrected chi connectivity index (χ2v) is 8.35. The van der Waals surface area contributed by atoms with Crippen molar-refractivity contribution in [3.63, 3.8) is 0 Å². The molecule has 4 aromatic rings. The molecule has 2 N–H and O–H groups in total. The van der Waals surface area contributed by atoms with E-state index in [4.69, 9.17) is 11.6 Å². The highest BCUT2D eigenvalue weighted by atomic mass is 35.5. The smallest absolute Gasteiger partial charge is 0.305 e. The van der Waals surface area contributed by atoms with Gasteiger partial charge in [-0.2, -0.15) is 5.10 Å². The van der Waals surface area contributed by atoms with Gasteiger partial charge in [-0.25, -0.2) is 19.3 Å². The highest BCUT2D eigenvalue weighted by Gasteiger charge is 2.31. The van der Waals surface area contributed by atoms with Crippen LogP contribution in [0, 0.1) is 11.2 Å². The molecule has 0 aliphatic heterocycles. The van der Waals surface area contributed by atoms with E-state index < -0.39 is 23.2 Å². The Balaban J connectivity index is 1.92. The van der Waals surface area contributed by atoms with Crippen LogP contribution >= 0.6 is 11.6 Å². The second-order valence-electron chi connectivity index (χ2n) is 7.92. The average molecular weight is 417 g/mol. The first-order valence-corrected chi connectivity index (χ1v) is 9.28. The number of H-pyrrole nitrogens is 1. The van der Waals surface area contributed by atoms with Crippen LogP contribution in [-0.2, 0) is 4.79 Å². The van der Waals surface area contributed by atoms with Gasteiger partial charge in [-0.1, -0.05) is 32.4 Å². The van der Waals surface area contributed by atoms with Gasteiger partial charge in [0.05, 0.1) is 28.3 Å². The third-order valence-electron chi connectivity index (χ3n) is 4.82. The minimum absolute atomic E-state index is 0.170. The Labute approximate surface area is 169 Å². The monoisotopic (exact) mass is 416 g/mol. The maximum atomic E-state index is 14.6. The minimum Gasteiger partial charge on any atom is -0.481 e. The lowest BCUT2D eigenvalue weighted by molar-refractivity contribution is -0.138. The first-order valence-electron chi connectivity index (χ1n) is 8.90. The van der Waals surface area contributed by atoms with Crippen LogP contribution in [0.2, 0.25) is 5.02 Å². The van der Waals surface area contributed by atoms with Crippen molar-refractivity contribution >= 4 is 39.6 Å². The summed E-state index contributed by atoms with van der Waals surface area (Å²) < 4.78 is 16.1. The molecule has 4 rings (SSSR count). The summed E-state index contributed by atoms with van der Waals surface area (Å²) in [5.74, 6) is -1.22. The standard InChI is InChI=1S/C19H18ClFN6O2/c1-19(2,3)13(5-14(28)29)27-8-12(21)11-7-23-17(24-18(11)27)15-10-4-9(20)6-22-16(10)26-25-15/h4,6-8,13H,5H2,1-3H3,(H,28,29)(H,22,25,26). The quantitative estimate of drug-likeness (QED) is 0.515.